The zero-order valence-electron chi connectivity index (χ0n) is 15.1. The average molecular weight is 354 g/mol. The largest absolute Gasteiger partial charge is 0.558 e. The number of carbonyl (C=O) groups excluding carboxylic acids is 1. The summed E-state index contributed by atoms with van der Waals surface area (Å²) in [6.07, 6.45) is 6.35. The lowest BCUT2D eigenvalue weighted by Crippen LogP contribution is -2.46. The van der Waals surface area contributed by atoms with Crippen LogP contribution in [0.1, 0.15) is 37.3 Å². The number of aromatic nitrogens is 2. The van der Waals surface area contributed by atoms with Crippen molar-refractivity contribution in [2.75, 3.05) is 19.6 Å². The maximum Gasteiger partial charge on any atom is 0.366 e. The number of nitrogens with zero attached hydrogens (tertiary/aromatic N) is 3. The molecule has 1 saturated heterocycles. The van der Waals surface area contributed by atoms with Crippen LogP contribution in [-0.2, 0) is 0 Å². The topological polar surface area (TPSA) is 79.6 Å². The molecule has 4 rings (SSSR count). The summed E-state index contributed by atoms with van der Waals surface area (Å²) in [5, 5.41) is 14.2. The van der Waals surface area contributed by atoms with Gasteiger partial charge in [-0.25, -0.2) is 9.78 Å². The van der Waals surface area contributed by atoms with Crippen LogP contribution < -0.4 is 9.97 Å². The van der Waals surface area contributed by atoms with E-state index in [1.54, 1.807) is 12.4 Å². The van der Waals surface area contributed by atoms with E-state index in [0.717, 1.165) is 40.0 Å². The molecule has 2 aliphatic heterocycles. The highest BCUT2D eigenvalue weighted by atomic mass is 16.5. The van der Waals surface area contributed by atoms with Crippen LogP contribution in [0.15, 0.2) is 18.4 Å². The van der Waals surface area contributed by atoms with E-state index in [1.807, 2.05) is 23.9 Å². The molecule has 0 spiro atoms. The van der Waals surface area contributed by atoms with Crippen molar-refractivity contribution in [3.05, 3.63) is 29.5 Å². The lowest BCUT2D eigenvalue weighted by molar-refractivity contribution is 0.161. The number of nitrogens with one attached hydrogen (secondary N) is 1. The van der Waals surface area contributed by atoms with Gasteiger partial charge in [-0.1, -0.05) is 19.0 Å². The number of piperidine rings is 1. The molecular formula is C18H23BN4O3. The first-order chi connectivity index (χ1) is 12.6. The molecular weight excluding hydrogens is 331 g/mol. The predicted octanol–water partition coefficient (Wildman–Crippen LogP) is 2.14. The zero-order chi connectivity index (χ0) is 18.3. The Morgan fingerprint density at radius 3 is 3.19 bits per heavy atom. The van der Waals surface area contributed by atoms with Crippen LogP contribution in [0.5, 0.6) is 5.75 Å². The fraction of sp³-hybridized carbons (Fsp3) is 0.444. The number of fused-ring (bicyclic) bond motifs is 3. The lowest BCUT2D eigenvalue weighted by Gasteiger charge is -2.37. The predicted molar refractivity (Wildman–Crippen MR) is 101 cm³/mol. The molecule has 1 fully saturated rings. The van der Waals surface area contributed by atoms with Gasteiger partial charge < -0.3 is 20.1 Å². The Morgan fingerprint density at radius 1 is 1.54 bits per heavy atom. The normalized spacial score (nSPS) is 21.8. The van der Waals surface area contributed by atoms with Gasteiger partial charge in [0.15, 0.2) is 5.65 Å². The molecule has 0 aliphatic carbocycles. The minimum atomic E-state index is -0.0273. The first kappa shape index (κ1) is 16.8. The highest BCUT2D eigenvalue weighted by Gasteiger charge is 2.33. The summed E-state index contributed by atoms with van der Waals surface area (Å²) in [4.78, 5) is 18.5. The fourth-order valence-corrected chi connectivity index (χ4v) is 4.00. The van der Waals surface area contributed by atoms with Gasteiger partial charge in [0.1, 0.15) is 5.75 Å². The molecule has 8 heteroatoms. The summed E-state index contributed by atoms with van der Waals surface area (Å²) in [6, 6.07) is -0.0273. The third-order valence-corrected chi connectivity index (χ3v) is 5.42. The molecule has 2 aromatic heterocycles. The number of hydrogen-bond acceptors (Lipinski definition) is 4. The third-order valence-electron chi connectivity index (χ3n) is 5.42. The maximum absolute atomic E-state index is 12.3. The highest BCUT2D eigenvalue weighted by Crippen LogP contribution is 2.40. The van der Waals surface area contributed by atoms with Crippen molar-refractivity contribution in [3.8, 4) is 5.75 Å². The van der Waals surface area contributed by atoms with Crippen LogP contribution in [0.25, 0.3) is 17.1 Å². The Hall–Kier alpha value is -2.64. The Labute approximate surface area is 152 Å². The summed E-state index contributed by atoms with van der Waals surface area (Å²) in [5.41, 5.74) is 2.49. The molecule has 136 valence electrons. The molecule has 2 aliphatic rings. The molecule has 0 bridgehead atoms. The smallest absolute Gasteiger partial charge is 0.366 e. The summed E-state index contributed by atoms with van der Waals surface area (Å²) in [7, 11) is 0.528. The van der Waals surface area contributed by atoms with Crippen molar-refractivity contribution >= 4 is 30.6 Å². The van der Waals surface area contributed by atoms with Gasteiger partial charge in [-0.3, -0.25) is 0 Å². The van der Waals surface area contributed by atoms with Gasteiger partial charge in [-0.15, -0.1) is 0 Å². The summed E-state index contributed by atoms with van der Waals surface area (Å²) < 4.78 is 6.78. The van der Waals surface area contributed by atoms with E-state index in [0.29, 0.717) is 32.1 Å². The highest BCUT2D eigenvalue weighted by molar-refractivity contribution is 6.38. The lowest BCUT2D eigenvalue weighted by atomic mass is 9.81. The number of pyridine rings is 1. The second-order valence-corrected chi connectivity index (χ2v) is 7.03. The van der Waals surface area contributed by atoms with E-state index >= 15 is 0 Å². The Morgan fingerprint density at radius 2 is 2.38 bits per heavy atom. The van der Waals surface area contributed by atoms with E-state index in [9.17, 15) is 10.0 Å². The van der Waals surface area contributed by atoms with Crippen LogP contribution in [0.2, 0.25) is 0 Å². The van der Waals surface area contributed by atoms with E-state index in [4.69, 9.17) is 4.65 Å². The van der Waals surface area contributed by atoms with Crippen molar-refractivity contribution < 1.29 is 14.7 Å². The van der Waals surface area contributed by atoms with Crippen molar-refractivity contribution in [3.63, 3.8) is 0 Å². The molecule has 0 saturated carbocycles. The fourth-order valence-electron chi connectivity index (χ4n) is 4.00. The number of hydrogen-bond donors (Lipinski definition) is 2. The molecule has 26 heavy (non-hydrogen) atoms. The average Bonchev–Trinajstić information content (AvgIpc) is 2.99. The number of likely N-dealkylation sites (tertiary alicyclic amines) is 1. The Balaban J connectivity index is 1.78. The molecule has 0 radical (unpaired) electrons. The Bertz CT molecular complexity index is 879. The first-order valence-corrected chi connectivity index (χ1v) is 9.15. The molecule has 0 aromatic carbocycles. The van der Waals surface area contributed by atoms with Crippen molar-refractivity contribution in [2.24, 2.45) is 5.92 Å². The monoisotopic (exact) mass is 354 g/mol. The minimum Gasteiger partial charge on any atom is -0.558 e. The second-order valence-electron chi connectivity index (χ2n) is 7.03. The molecule has 0 unspecified atom stereocenters. The third kappa shape index (κ3) is 2.69. The van der Waals surface area contributed by atoms with Gasteiger partial charge in [0.05, 0.1) is 12.4 Å². The molecule has 2 amide bonds. The first-order valence-electron chi connectivity index (χ1n) is 9.15. The van der Waals surface area contributed by atoms with Crippen LogP contribution in [0.4, 0.5) is 4.79 Å². The van der Waals surface area contributed by atoms with Crippen LogP contribution in [-0.4, -0.2) is 53.0 Å². The van der Waals surface area contributed by atoms with Gasteiger partial charge in [-0.05, 0) is 24.8 Å². The molecule has 4 heterocycles. The number of rotatable bonds is 2. The van der Waals surface area contributed by atoms with E-state index in [-0.39, 0.29) is 11.9 Å². The van der Waals surface area contributed by atoms with Gasteiger partial charge >= 0.3 is 13.5 Å². The van der Waals surface area contributed by atoms with Gasteiger partial charge in [0.25, 0.3) is 0 Å². The van der Waals surface area contributed by atoms with Crippen LogP contribution in [0, 0.1) is 5.92 Å². The van der Waals surface area contributed by atoms with Crippen molar-refractivity contribution in [1.82, 2.24) is 19.9 Å². The SMILES string of the molecule is CCNC(=O)N1CC[C@@H](C)[C@@H](c2cn(O)c3ncc4c(c23)C=CBO4)C1. The van der Waals surface area contributed by atoms with E-state index in [2.05, 4.69) is 17.2 Å². The quantitative estimate of drug-likeness (QED) is 0.640. The van der Waals surface area contributed by atoms with E-state index < -0.39 is 0 Å². The summed E-state index contributed by atoms with van der Waals surface area (Å²) in [5.74, 6) is 3.23. The summed E-state index contributed by atoms with van der Waals surface area (Å²) in [6.45, 7) is 6.12. The summed E-state index contributed by atoms with van der Waals surface area (Å²) >= 11 is 0. The molecule has 2 aromatic rings. The van der Waals surface area contributed by atoms with Gasteiger partial charge in [0.2, 0.25) is 0 Å². The standard InChI is InChI=1S/C18H23BN4O3/c1-3-20-18(24)22-7-5-11(2)13(9-22)14-10-23(25)17-16(14)12-4-6-19-26-15(12)8-21-17/h4,6,8,10-11,13,19,25H,3,5,7,9H2,1-2H3,(H,20,24)/t11-,13+/m1/s1. The minimum absolute atomic E-state index is 0.0273. The van der Waals surface area contributed by atoms with E-state index in [1.165, 1.54) is 0 Å². The van der Waals surface area contributed by atoms with Crippen molar-refractivity contribution in [2.45, 2.75) is 26.2 Å². The van der Waals surface area contributed by atoms with Crippen molar-refractivity contribution in [1.29, 1.82) is 0 Å². The molecule has 2 N–H and O–H groups in total. The maximum atomic E-state index is 12.3. The number of amides is 2. The second kappa shape index (κ2) is 6.59. The van der Waals surface area contributed by atoms with Crippen LogP contribution >= 0.6 is 0 Å². The van der Waals surface area contributed by atoms with Gasteiger partial charge in [0, 0.05) is 36.5 Å². The zero-order valence-corrected chi connectivity index (χ0v) is 15.1. The molecule has 7 nitrogen and oxygen atoms in total. The van der Waals surface area contributed by atoms with Crippen LogP contribution in [0.3, 0.4) is 0 Å². The number of urea groups is 1. The molecule has 2 atom stereocenters. The van der Waals surface area contributed by atoms with Gasteiger partial charge in [-0.2, -0.15) is 4.73 Å². The number of carbonyl (C=O) groups is 1. The Kier molecular flexibility index (Phi) is 4.26.